The first-order valence-corrected chi connectivity index (χ1v) is 5.47. The van der Waals surface area contributed by atoms with Gasteiger partial charge in [0.05, 0.1) is 0 Å². The average Bonchev–Trinajstić information content (AvgIpc) is 2.98. The van der Waals surface area contributed by atoms with Crippen LogP contribution in [0, 0.1) is 11.3 Å². The summed E-state index contributed by atoms with van der Waals surface area (Å²) in [6.45, 7) is 0. The molecule has 0 N–H and O–H groups in total. The van der Waals surface area contributed by atoms with Crippen LogP contribution in [0.25, 0.3) is 22.8 Å². The van der Waals surface area contributed by atoms with E-state index in [1.165, 1.54) is 6.20 Å². The lowest BCUT2D eigenvalue weighted by Crippen LogP contribution is -1.84. The lowest BCUT2D eigenvalue weighted by Gasteiger charge is -1.93. The topological polar surface area (TPSA) is 88.5 Å². The predicted octanol–water partition coefficient (Wildman–Crippen LogP) is 2.07. The Morgan fingerprint density at radius 1 is 1.05 bits per heavy atom. The highest BCUT2D eigenvalue weighted by Gasteiger charge is 2.10. The molecule has 0 amide bonds. The lowest BCUT2D eigenvalue weighted by molar-refractivity contribution is 0.432. The van der Waals surface area contributed by atoms with E-state index in [1.54, 1.807) is 36.7 Å². The van der Waals surface area contributed by atoms with Gasteiger partial charge >= 0.3 is 0 Å². The minimum absolute atomic E-state index is 0.307. The van der Waals surface area contributed by atoms with Gasteiger partial charge in [0, 0.05) is 29.7 Å². The summed E-state index contributed by atoms with van der Waals surface area (Å²) in [4.78, 5) is 12.1. The van der Waals surface area contributed by atoms with Crippen molar-refractivity contribution in [2.45, 2.75) is 0 Å². The molecular weight excluding hydrogens is 242 g/mol. The van der Waals surface area contributed by atoms with Crippen LogP contribution < -0.4 is 0 Å². The average molecular weight is 249 g/mol. The van der Waals surface area contributed by atoms with Crippen molar-refractivity contribution in [3.8, 4) is 28.9 Å². The maximum Gasteiger partial charge on any atom is 0.258 e. The molecule has 0 spiro atoms. The van der Waals surface area contributed by atoms with Crippen LogP contribution in [0.15, 0.2) is 47.4 Å². The van der Waals surface area contributed by atoms with Gasteiger partial charge < -0.3 is 4.52 Å². The van der Waals surface area contributed by atoms with E-state index in [-0.39, 0.29) is 0 Å². The Labute approximate surface area is 108 Å². The van der Waals surface area contributed by atoms with Crippen LogP contribution in [-0.4, -0.2) is 20.1 Å². The minimum atomic E-state index is 0.307. The largest absolute Gasteiger partial charge is 0.334 e. The number of hydrogen-bond donors (Lipinski definition) is 0. The zero-order valence-electron chi connectivity index (χ0n) is 9.69. The van der Waals surface area contributed by atoms with E-state index in [9.17, 15) is 0 Å². The molecule has 6 heteroatoms. The third-order valence-corrected chi connectivity index (χ3v) is 2.49. The molecule has 0 aliphatic carbocycles. The fraction of sp³-hybridized carbons (Fsp3) is 0. The summed E-state index contributed by atoms with van der Waals surface area (Å²) in [6, 6.07) is 8.87. The zero-order chi connectivity index (χ0) is 13.1. The van der Waals surface area contributed by atoms with E-state index in [2.05, 4.69) is 20.1 Å². The van der Waals surface area contributed by atoms with Gasteiger partial charge in [0.25, 0.3) is 5.89 Å². The van der Waals surface area contributed by atoms with Crippen molar-refractivity contribution in [1.82, 2.24) is 20.1 Å². The Kier molecular flexibility index (Phi) is 2.71. The molecule has 0 atom stereocenters. The fourth-order valence-electron chi connectivity index (χ4n) is 1.58. The molecule has 0 radical (unpaired) electrons. The van der Waals surface area contributed by atoms with Gasteiger partial charge in [0.1, 0.15) is 11.8 Å². The Morgan fingerprint density at radius 3 is 2.63 bits per heavy atom. The van der Waals surface area contributed by atoms with E-state index in [4.69, 9.17) is 9.78 Å². The van der Waals surface area contributed by atoms with Crippen molar-refractivity contribution in [1.29, 1.82) is 5.26 Å². The van der Waals surface area contributed by atoms with Crippen molar-refractivity contribution in [2.75, 3.05) is 0 Å². The third-order valence-electron chi connectivity index (χ3n) is 2.49. The van der Waals surface area contributed by atoms with Gasteiger partial charge in [0.15, 0.2) is 0 Å². The summed E-state index contributed by atoms with van der Waals surface area (Å²) in [5.41, 5.74) is 1.79. The first-order chi connectivity index (χ1) is 9.36. The smallest absolute Gasteiger partial charge is 0.258 e. The number of hydrogen-bond acceptors (Lipinski definition) is 6. The quantitative estimate of drug-likeness (QED) is 0.690. The Hall–Kier alpha value is -3.07. The number of aromatic nitrogens is 4. The van der Waals surface area contributed by atoms with Crippen LogP contribution in [-0.2, 0) is 0 Å². The van der Waals surface area contributed by atoms with Crippen molar-refractivity contribution in [2.24, 2.45) is 0 Å². The van der Waals surface area contributed by atoms with Crippen molar-refractivity contribution in [3.05, 3.63) is 48.5 Å². The van der Waals surface area contributed by atoms with Crippen molar-refractivity contribution < 1.29 is 4.52 Å². The molecule has 0 unspecified atom stereocenters. The number of nitriles is 1. The molecule has 0 aliphatic rings. The van der Waals surface area contributed by atoms with Crippen molar-refractivity contribution >= 4 is 0 Å². The molecule has 19 heavy (non-hydrogen) atoms. The Balaban J connectivity index is 2.00. The van der Waals surface area contributed by atoms with Gasteiger partial charge in [-0.05, 0) is 24.3 Å². The minimum Gasteiger partial charge on any atom is -0.334 e. The molecule has 6 nitrogen and oxygen atoms in total. The highest BCUT2D eigenvalue weighted by atomic mass is 16.5. The molecule has 0 aliphatic heterocycles. The standard InChI is InChI=1S/C13H7N5O/c14-8-11-7-10(3-6-16-11)13-17-12(18-19-13)9-1-4-15-5-2-9/h1-7H. The van der Waals surface area contributed by atoms with Crippen LogP contribution in [0.1, 0.15) is 5.69 Å². The second kappa shape index (κ2) is 4.66. The normalized spacial score (nSPS) is 10.1. The molecule has 90 valence electrons. The monoisotopic (exact) mass is 249 g/mol. The van der Waals surface area contributed by atoms with E-state index in [1.807, 2.05) is 6.07 Å². The highest BCUT2D eigenvalue weighted by Crippen LogP contribution is 2.21. The second-order valence-electron chi connectivity index (χ2n) is 3.70. The van der Waals surface area contributed by atoms with Gasteiger partial charge in [-0.2, -0.15) is 10.2 Å². The summed E-state index contributed by atoms with van der Waals surface area (Å²) in [6.07, 6.45) is 4.85. The van der Waals surface area contributed by atoms with Crippen LogP contribution in [0.5, 0.6) is 0 Å². The molecule has 0 aromatic carbocycles. The van der Waals surface area contributed by atoms with E-state index >= 15 is 0 Å². The van der Waals surface area contributed by atoms with Gasteiger partial charge in [-0.3, -0.25) is 4.98 Å². The molecule has 3 aromatic rings. The molecule has 3 heterocycles. The SMILES string of the molecule is N#Cc1cc(-c2nc(-c3ccncc3)no2)ccn1. The highest BCUT2D eigenvalue weighted by molar-refractivity contribution is 5.59. The van der Waals surface area contributed by atoms with Gasteiger partial charge in [-0.15, -0.1) is 0 Å². The molecule has 0 bridgehead atoms. The molecule has 0 saturated carbocycles. The van der Waals surface area contributed by atoms with E-state index in [0.717, 1.165) is 5.56 Å². The summed E-state index contributed by atoms with van der Waals surface area (Å²) >= 11 is 0. The van der Waals surface area contributed by atoms with Gasteiger partial charge in [-0.25, -0.2) is 4.98 Å². The second-order valence-corrected chi connectivity index (χ2v) is 3.70. The zero-order valence-corrected chi connectivity index (χ0v) is 9.69. The Morgan fingerprint density at radius 2 is 1.84 bits per heavy atom. The van der Waals surface area contributed by atoms with E-state index in [0.29, 0.717) is 23.0 Å². The molecule has 3 aromatic heterocycles. The van der Waals surface area contributed by atoms with Crippen LogP contribution in [0.3, 0.4) is 0 Å². The first-order valence-electron chi connectivity index (χ1n) is 5.47. The molecule has 0 fully saturated rings. The summed E-state index contributed by atoms with van der Waals surface area (Å²) < 4.78 is 5.19. The van der Waals surface area contributed by atoms with Gasteiger partial charge in [-0.1, -0.05) is 5.16 Å². The van der Waals surface area contributed by atoms with Crippen LogP contribution in [0.2, 0.25) is 0 Å². The van der Waals surface area contributed by atoms with Crippen LogP contribution >= 0.6 is 0 Å². The maximum atomic E-state index is 8.81. The Bertz CT molecular complexity index is 745. The fourth-order valence-corrected chi connectivity index (χ4v) is 1.58. The summed E-state index contributed by atoms with van der Waals surface area (Å²) in [5, 5.41) is 12.7. The first kappa shape index (κ1) is 11.0. The summed E-state index contributed by atoms with van der Waals surface area (Å²) in [7, 11) is 0. The number of nitrogens with zero attached hydrogens (tertiary/aromatic N) is 5. The maximum absolute atomic E-state index is 8.81. The predicted molar refractivity (Wildman–Crippen MR) is 65.5 cm³/mol. The lowest BCUT2D eigenvalue weighted by atomic mass is 10.2. The van der Waals surface area contributed by atoms with E-state index < -0.39 is 0 Å². The molecule has 0 saturated heterocycles. The molecule has 3 rings (SSSR count). The van der Waals surface area contributed by atoms with Crippen LogP contribution in [0.4, 0.5) is 0 Å². The third kappa shape index (κ3) is 2.17. The van der Waals surface area contributed by atoms with Crippen molar-refractivity contribution in [3.63, 3.8) is 0 Å². The van der Waals surface area contributed by atoms with Gasteiger partial charge in [0.2, 0.25) is 5.82 Å². The molecular formula is C13H7N5O. The number of pyridine rings is 2. The summed E-state index contributed by atoms with van der Waals surface area (Å²) in [5.74, 6) is 0.832. The number of rotatable bonds is 2.